The maximum Gasteiger partial charge on any atom is 0.410 e. The molecule has 9 heteroatoms. The number of piperazine rings is 1. The molecule has 1 fully saturated rings. The SMILES string of the molecule is CCOC(=O)N1CC[NH+](C[C@H](O)COCc2cc(OC)c(OC)c(OC)c2)CC1. The number of carbonyl (C=O) groups excluding carboxylic acids is 1. The number of nitrogens with zero attached hydrogens (tertiary/aromatic N) is 1. The molecule has 1 saturated heterocycles. The topological polar surface area (TPSA) is 91.1 Å². The van der Waals surface area contributed by atoms with Crippen molar-refractivity contribution in [3.05, 3.63) is 17.7 Å². The van der Waals surface area contributed by atoms with E-state index in [9.17, 15) is 9.90 Å². The van der Waals surface area contributed by atoms with Crippen LogP contribution in [0.15, 0.2) is 12.1 Å². The first-order valence-corrected chi connectivity index (χ1v) is 9.82. The molecule has 0 aromatic heterocycles. The van der Waals surface area contributed by atoms with E-state index in [-0.39, 0.29) is 12.7 Å². The first kappa shape index (κ1) is 23.1. The summed E-state index contributed by atoms with van der Waals surface area (Å²) < 4.78 is 26.7. The van der Waals surface area contributed by atoms with Gasteiger partial charge in [-0.25, -0.2) is 4.79 Å². The molecule has 0 bridgehead atoms. The molecule has 1 atom stereocenters. The minimum Gasteiger partial charge on any atom is -0.493 e. The Morgan fingerprint density at radius 1 is 1.14 bits per heavy atom. The van der Waals surface area contributed by atoms with E-state index < -0.39 is 6.10 Å². The van der Waals surface area contributed by atoms with E-state index >= 15 is 0 Å². The second-order valence-corrected chi connectivity index (χ2v) is 6.84. The van der Waals surface area contributed by atoms with Gasteiger partial charge in [-0.2, -0.15) is 0 Å². The Balaban J connectivity index is 1.76. The lowest BCUT2D eigenvalue weighted by molar-refractivity contribution is -0.907. The highest BCUT2D eigenvalue weighted by atomic mass is 16.6. The summed E-state index contributed by atoms with van der Waals surface area (Å²) in [6.45, 7) is 6.13. The maximum absolute atomic E-state index is 11.7. The van der Waals surface area contributed by atoms with Gasteiger partial charge >= 0.3 is 6.09 Å². The summed E-state index contributed by atoms with van der Waals surface area (Å²) in [5, 5.41) is 10.3. The van der Waals surface area contributed by atoms with E-state index in [4.69, 9.17) is 23.7 Å². The molecule has 1 heterocycles. The predicted molar refractivity (Wildman–Crippen MR) is 106 cm³/mol. The van der Waals surface area contributed by atoms with Gasteiger partial charge in [-0.3, -0.25) is 4.90 Å². The van der Waals surface area contributed by atoms with Crippen molar-refractivity contribution in [2.24, 2.45) is 0 Å². The van der Waals surface area contributed by atoms with Gasteiger partial charge in [-0.15, -0.1) is 0 Å². The van der Waals surface area contributed by atoms with Crippen LogP contribution in [-0.2, 0) is 16.1 Å². The minimum atomic E-state index is -0.582. The number of quaternary nitrogens is 1. The van der Waals surface area contributed by atoms with Gasteiger partial charge in [0, 0.05) is 0 Å². The fourth-order valence-corrected chi connectivity index (χ4v) is 3.35. The number of carbonyl (C=O) groups is 1. The Morgan fingerprint density at radius 3 is 2.28 bits per heavy atom. The molecular weight excluding hydrogens is 380 g/mol. The Morgan fingerprint density at radius 2 is 1.76 bits per heavy atom. The molecular formula is C20H33N2O7+. The fraction of sp³-hybridized carbons (Fsp3) is 0.650. The summed E-state index contributed by atoms with van der Waals surface area (Å²) in [6.07, 6.45) is -0.845. The zero-order valence-electron chi connectivity index (χ0n) is 17.7. The number of aliphatic hydroxyl groups excluding tert-OH is 1. The van der Waals surface area contributed by atoms with Crippen molar-refractivity contribution >= 4 is 6.09 Å². The Kier molecular flexibility index (Phi) is 9.30. The van der Waals surface area contributed by atoms with Gasteiger partial charge in [0.1, 0.15) is 12.6 Å². The van der Waals surface area contributed by atoms with Crippen molar-refractivity contribution in [3.8, 4) is 17.2 Å². The van der Waals surface area contributed by atoms with Gasteiger partial charge in [-0.1, -0.05) is 0 Å². The Labute approximate surface area is 172 Å². The molecule has 0 spiro atoms. The van der Waals surface area contributed by atoms with E-state index in [1.165, 1.54) is 4.90 Å². The summed E-state index contributed by atoms with van der Waals surface area (Å²) in [5.41, 5.74) is 0.863. The van der Waals surface area contributed by atoms with Crippen LogP contribution in [0.5, 0.6) is 17.2 Å². The van der Waals surface area contributed by atoms with Crippen LogP contribution in [0.4, 0.5) is 4.79 Å². The van der Waals surface area contributed by atoms with E-state index in [2.05, 4.69) is 0 Å². The van der Waals surface area contributed by atoms with Crippen molar-refractivity contribution in [2.75, 3.05) is 67.3 Å². The number of amides is 1. The number of aliphatic hydroxyl groups is 1. The summed E-state index contributed by atoms with van der Waals surface area (Å²) >= 11 is 0. The van der Waals surface area contributed by atoms with Crippen LogP contribution in [0, 0.1) is 0 Å². The molecule has 29 heavy (non-hydrogen) atoms. The smallest absolute Gasteiger partial charge is 0.410 e. The van der Waals surface area contributed by atoms with Crippen LogP contribution in [0.3, 0.4) is 0 Å². The fourth-order valence-electron chi connectivity index (χ4n) is 3.35. The third-order valence-corrected chi connectivity index (χ3v) is 4.82. The van der Waals surface area contributed by atoms with Crippen molar-refractivity contribution in [1.82, 2.24) is 4.90 Å². The Hall–Kier alpha value is -2.23. The summed E-state index contributed by atoms with van der Waals surface area (Å²) in [7, 11) is 4.69. The van der Waals surface area contributed by atoms with Gasteiger partial charge in [0.2, 0.25) is 5.75 Å². The molecule has 9 nitrogen and oxygen atoms in total. The van der Waals surface area contributed by atoms with Crippen molar-refractivity contribution in [2.45, 2.75) is 19.6 Å². The third-order valence-electron chi connectivity index (χ3n) is 4.82. The molecule has 1 amide bonds. The lowest BCUT2D eigenvalue weighted by Crippen LogP contribution is -3.15. The molecule has 0 unspecified atom stereocenters. The second-order valence-electron chi connectivity index (χ2n) is 6.84. The number of benzene rings is 1. The standard InChI is InChI=1S/C20H32N2O7/c1-5-29-20(24)22-8-6-21(7-9-22)12-16(23)14-28-13-15-10-17(25-2)19(27-4)18(11-15)26-3/h10-11,16,23H,5-9,12-14H2,1-4H3/p+1/t16-/m0/s1. The van der Waals surface area contributed by atoms with Gasteiger partial charge in [-0.05, 0) is 24.6 Å². The number of hydrogen-bond donors (Lipinski definition) is 2. The highest BCUT2D eigenvalue weighted by Gasteiger charge is 2.26. The molecule has 0 radical (unpaired) electrons. The van der Waals surface area contributed by atoms with Gasteiger partial charge < -0.3 is 33.7 Å². The molecule has 1 aliphatic heterocycles. The van der Waals surface area contributed by atoms with Gasteiger partial charge in [0.25, 0.3) is 0 Å². The minimum absolute atomic E-state index is 0.224. The van der Waals surface area contributed by atoms with Crippen molar-refractivity contribution in [1.29, 1.82) is 0 Å². The molecule has 164 valence electrons. The van der Waals surface area contributed by atoms with Gasteiger partial charge in [0.15, 0.2) is 11.5 Å². The van der Waals surface area contributed by atoms with E-state index in [0.29, 0.717) is 50.1 Å². The zero-order chi connectivity index (χ0) is 21.2. The molecule has 2 N–H and O–H groups in total. The monoisotopic (exact) mass is 413 g/mol. The lowest BCUT2D eigenvalue weighted by Gasteiger charge is -2.32. The Bertz CT molecular complexity index is 623. The molecule has 1 aliphatic rings. The summed E-state index contributed by atoms with van der Waals surface area (Å²) in [6, 6.07) is 3.65. The predicted octanol–water partition coefficient (Wildman–Crippen LogP) is -0.0531. The lowest BCUT2D eigenvalue weighted by atomic mass is 10.2. The highest BCUT2D eigenvalue weighted by molar-refractivity contribution is 5.67. The van der Waals surface area contributed by atoms with Crippen LogP contribution in [0.25, 0.3) is 0 Å². The largest absolute Gasteiger partial charge is 0.493 e. The first-order valence-electron chi connectivity index (χ1n) is 9.82. The molecule has 2 rings (SSSR count). The average Bonchev–Trinajstić information content (AvgIpc) is 2.73. The number of rotatable bonds is 10. The average molecular weight is 413 g/mol. The number of ether oxygens (including phenoxy) is 5. The zero-order valence-corrected chi connectivity index (χ0v) is 17.7. The van der Waals surface area contributed by atoms with Crippen LogP contribution in [-0.4, -0.2) is 89.5 Å². The number of methoxy groups -OCH3 is 3. The molecule has 0 saturated carbocycles. The normalized spacial score (nSPS) is 15.7. The van der Waals surface area contributed by atoms with Crippen LogP contribution in [0.2, 0.25) is 0 Å². The van der Waals surface area contributed by atoms with Crippen molar-refractivity contribution in [3.63, 3.8) is 0 Å². The highest BCUT2D eigenvalue weighted by Crippen LogP contribution is 2.38. The quantitative estimate of drug-likeness (QED) is 0.556. The van der Waals surface area contributed by atoms with E-state index in [1.54, 1.807) is 33.2 Å². The van der Waals surface area contributed by atoms with Crippen LogP contribution >= 0.6 is 0 Å². The van der Waals surface area contributed by atoms with Crippen LogP contribution in [0.1, 0.15) is 12.5 Å². The second kappa shape index (κ2) is 11.7. The summed E-state index contributed by atoms with van der Waals surface area (Å²) in [4.78, 5) is 14.7. The number of nitrogens with one attached hydrogen (secondary N) is 1. The van der Waals surface area contributed by atoms with E-state index in [1.807, 2.05) is 12.1 Å². The third kappa shape index (κ3) is 6.66. The molecule has 1 aromatic rings. The maximum atomic E-state index is 11.7. The van der Waals surface area contributed by atoms with E-state index in [0.717, 1.165) is 18.7 Å². The van der Waals surface area contributed by atoms with Crippen molar-refractivity contribution < 1.29 is 38.5 Å². The molecule has 0 aliphatic carbocycles. The number of hydrogen-bond acceptors (Lipinski definition) is 7. The molecule has 1 aromatic carbocycles. The van der Waals surface area contributed by atoms with Crippen LogP contribution < -0.4 is 19.1 Å². The van der Waals surface area contributed by atoms with Gasteiger partial charge in [0.05, 0.1) is 67.3 Å². The summed E-state index contributed by atoms with van der Waals surface area (Å²) in [5.74, 6) is 1.66. The first-order chi connectivity index (χ1) is 14.0.